The molecule has 0 bridgehead atoms. The van der Waals surface area contributed by atoms with E-state index in [9.17, 15) is 0 Å². The molecule has 1 fully saturated rings. The van der Waals surface area contributed by atoms with E-state index in [-0.39, 0.29) is 0 Å². The molecule has 0 aliphatic carbocycles. The molecule has 1 heterocycles. The van der Waals surface area contributed by atoms with E-state index in [0.29, 0.717) is 6.04 Å². The lowest BCUT2D eigenvalue weighted by Gasteiger charge is -2.20. The maximum Gasteiger partial charge on any atom is 0.0377 e. The van der Waals surface area contributed by atoms with E-state index in [1.54, 1.807) is 0 Å². The Morgan fingerprint density at radius 2 is 2.38 bits per heavy atom. The van der Waals surface area contributed by atoms with Crippen molar-refractivity contribution < 1.29 is 0 Å². The van der Waals surface area contributed by atoms with Gasteiger partial charge in [-0.15, -0.1) is 11.6 Å². The lowest BCUT2D eigenvalue weighted by molar-refractivity contribution is 0.428. The highest BCUT2D eigenvalue weighted by atomic mass is 35.5. The molecule has 1 saturated heterocycles. The van der Waals surface area contributed by atoms with Gasteiger partial charge in [0.05, 0.1) is 0 Å². The summed E-state index contributed by atoms with van der Waals surface area (Å²) in [6.07, 6.45) is 3.95. The molecule has 0 spiro atoms. The lowest BCUT2D eigenvalue weighted by atomic mass is 10.1. The Morgan fingerprint density at radius 3 is 2.75 bits per heavy atom. The highest BCUT2D eigenvalue weighted by molar-refractivity contribution is 6.18. The van der Waals surface area contributed by atoms with Crippen molar-refractivity contribution in [3.63, 3.8) is 0 Å². The van der Waals surface area contributed by atoms with Crippen molar-refractivity contribution in [2.24, 2.45) is 0 Å². The van der Waals surface area contributed by atoms with Crippen LogP contribution in [0.1, 0.15) is 19.3 Å². The second kappa shape index (κ2) is 3.31. The van der Waals surface area contributed by atoms with Crippen molar-refractivity contribution in [3.05, 3.63) is 0 Å². The summed E-state index contributed by atoms with van der Waals surface area (Å²) in [7, 11) is 0. The molecular weight excluding hydrogens is 122 g/mol. The second-order valence-electron chi connectivity index (χ2n) is 2.30. The van der Waals surface area contributed by atoms with Crippen LogP contribution in [-0.4, -0.2) is 18.5 Å². The first-order valence-electron chi connectivity index (χ1n) is 3.23. The van der Waals surface area contributed by atoms with Gasteiger partial charge in [0.25, 0.3) is 0 Å². The summed E-state index contributed by atoms with van der Waals surface area (Å²) in [5.41, 5.74) is 0. The lowest BCUT2D eigenvalue weighted by Crippen LogP contribution is -2.35. The van der Waals surface area contributed by atoms with Crippen molar-refractivity contribution in [1.82, 2.24) is 5.32 Å². The summed E-state index contributed by atoms with van der Waals surface area (Å²) in [6.45, 7) is 1.16. The van der Waals surface area contributed by atoms with Crippen LogP contribution >= 0.6 is 11.6 Å². The fourth-order valence-electron chi connectivity index (χ4n) is 1.06. The number of nitrogens with one attached hydrogen (secondary N) is 1. The Bertz CT molecular complexity index is 59.5. The molecular formula is C6H12ClN. The Kier molecular flexibility index (Phi) is 2.64. The van der Waals surface area contributed by atoms with Crippen LogP contribution in [0.5, 0.6) is 0 Å². The summed E-state index contributed by atoms with van der Waals surface area (Å²) in [4.78, 5) is 0. The monoisotopic (exact) mass is 133 g/mol. The van der Waals surface area contributed by atoms with Gasteiger partial charge < -0.3 is 5.32 Å². The van der Waals surface area contributed by atoms with Crippen molar-refractivity contribution in [1.29, 1.82) is 0 Å². The van der Waals surface area contributed by atoms with Crippen molar-refractivity contribution in [3.8, 4) is 0 Å². The van der Waals surface area contributed by atoms with Crippen molar-refractivity contribution in [2.75, 3.05) is 12.4 Å². The Balaban J connectivity index is 2.13. The maximum absolute atomic E-state index is 5.62. The smallest absolute Gasteiger partial charge is 0.0377 e. The predicted molar refractivity (Wildman–Crippen MR) is 36.4 cm³/mol. The van der Waals surface area contributed by atoms with Crippen LogP contribution < -0.4 is 5.32 Å². The first-order valence-corrected chi connectivity index (χ1v) is 3.76. The van der Waals surface area contributed by atoms with Crippen LogP contribution in [0.3, 0.4) is 0 Å². The van der Waals surface area contributed by atoms with Gasteiger partial charge in [0.2, 0.25) is 0 Å². The van der Waals surface area contributed by atoms with Gasteiger partial charge in [-0.3, -0.25) is 0 Å². The van der Waals surface area contributed by atoms with Gasteiger partial charge in [0, 0.05) is 11.9 Å². The van der Waals surface area contributed by atoms with Crippen LogP contribution in [-0.2, 0) is 0 Å². The average Bonchev–Trinajstić information content (AvgIpc) is 1.90. The molecule has 0 aromatic heterocycles. The standard InChI is InChI=1S/C6H12ClN/c7-5-6-3-1-2-4-8-6/h6,8H,1-5H2/t6-/m0/s1. The van der Waals surface area contributed by atoms with Crippen LogP contribution in [0, 0.1) is 0 Å². The van der Waals surface area contributed by atoms with Crippen molar-refractivity contribution in [2.45, 2.75) is 25.3 Å². The third-order valence-corrected chi connectivity index (χ3v) is 1.97. The SMILES string of the molecule is ClC[C@@H]1CCCCN1. The average molecular weight is 134 g/mol. The van der Waals surface area contributed by atoms with Gasteiger partial charge in [-0.05, 0) is 19.4 Å². The number of halogens is 1. The zero-order valence-electron chi connectivity index (χ0n) is 4.99. The Labute approximate surface area is 55.4 Å². The fourth-order valence-corrected chi connectivity index (χ4v) is 1.32. The molecule has 0 radical (unpaired) electrons. The van der Waals surface area contributed by atoms with E-state index in [2.05, 4.69) is 5.32 Å². The highest BCUT2D eigenvalue weighted by Gasteiger charge is 2.09. The van der Waals surface area contributed by atoms with Gasteiger partial charge in [0.1, 0.15) is 0 Å². The number of piperidine rings is 1. The quantitative estimate of drug-likeness (QED) is 0.533. The molecule has 48 valence electrons. The van der Waals surface area contributed by atoms with E-state index < -0.39 is 0 Å². The molecule has 8 heavy (non-hydrogen) atoms. The van der Waals surface area contributed by atoms with E-state index in [1.807, 2.05) is 0 Å². The van der Waals surface area contributed by atoms with Crippen LogP contribution in [0.25, 0.3) is 0 Å². The van der Waals surface area contributed by atoms with E-state index in [0.717, 1.165) is 12.4 Å². The molecule has 1 atom stereocenters. The van der Waals surface area contributed by atoms with E-state index in [4.69, 9.17) is 11.6 Å². The minimum atomic E-state index is 0.602. The summed E-state index contributed by atoms with van der Waals surface area (Å²) in [5, 5.41) is 3.34. The molecule has 0 aromatic carbocycles. The van der Waals surface area contributed by atoms with Crippen LogP contribution in [0.2, 0.25) is 0 Å². The molecule has 1 aliphatic heterocycles. The number of rotatable bonds is 1. The predicted octanol–water partition coefficient (Wildman–Crippen LogP) is 1.37. The zero-order valence-corrected chi connectivity index (χ0v) is 5.75. The minimum absolute atomic E-state index is 0.602. The first-order chi connectivity index (χ1) is 3.93. The van der Waals surface area contributed by atoms with E-state index >= 15 is 0 Å². The molecule has 1 N–H and O–H groups in total. The van der Waals surface area contributed by atoms with Crippen LogP contribution in [0.4, 0.5) is 0 Å². The summed E-state index contributed by atoms with van der Waals surface area (Å²) < 4.78 is 0. The first kappa shape index (κ1) is 6.37. The molecule has 1 rings (SSSR count). The minimum Gasteiger partial charge on any atom is -0.313 e. The third-order valence-electron chi connectivity index (χ3n) is 1.60. The van der Waals surface area contributed by atoms with E-state index in [1.165, 1.54) is 19.3 Å². The van der Waals surface area contributed by atoms with Gasteiger partial charge in [-0.25, -0.2) is 0 Å². The zero-order chi connectivity index (χ0) is 5.82. The van der Waals surface area contributed by atoms with Gasteiger partial charge in [-0.1, -0.05) is 6.42 Å². The summed E-state index contributed by atoms with van der Waals surface area (Å²) >= 11 is 5.62. The highest BCUT2D eigenvalue weighted by Crippen LogP contribution is 2.07. The molecule has 1 nitrogen and oxygen atoms in total. The Morgan fingerprint density at radius 1 is 1.50 bits per heavy atom. The van der Waals surface area contributed by atoms with Crippen molar-refractivity contribution >= 4 is 11.6 Å². The molecule has 0 aromatic rings. The van der Waals surface area contributed by atoms with Gasteiger partial charge in [0.15, 0.2) is 0 Å². The number of hydrogen-bond donors (Lipinski definition) is 1. The number of alkyl halides is 1. The molecule has 0 unspecified atom stereocenters. The summed E-state index contributed by atoms with van der Waals surface area (Å²) in [5.74, 6) is 0.778. The topological polar surface area (TPSA) is 12.0 Å². The second-order valence-corrected chi connectivity index (χ2v) is 2.61. The van der Waals surface area contributed by atoms with Gasteiger partial charge in [-0.2, -0.15) is 0 Å². The fraction of sp³-hybridized carbons (Fsp3) is 1.00. The third kappa shape index (κ3) is 1.64. The number of hydrogen-bond acceptors (Lipinski definition) is 1. The largest absolute Gasteiger partial charge is 0.313 e. The maximum atomic E-state index is 5.62. The van der Waals surface area contributed by atoms with Crippen LogP contribution in [0.15, 0.2) is 0 Å². The molecule has 1 aliphatic rings. The molecule has 2 heteroatoms. The normalized spacial score (nSPS) is 30.4. The molecule has 0 amide bonds. The van der Waals surface area contributed by atoms with Gasteiger partial charge >= 0.3 is 0 Å². The Hall–Kier alpha value is 0.250. The molecule has 0 saturated carbocycles. The summed E-state index contributed by atoms with van der Waals surface area (Å²) in [6, 6.07) is 0.602.